The largest absolute Gasteiger partial charge is 0.299 e. The van der Waals surface area contributed by atoms with Crippen molar-refractivity contribution in [3.05, 3.63) is 64.4 Å². The average molecular weight is 282 g/mol. The molecule has 1 unspecified atom stereocenters. The van der Waals surface area contributed by atoms with Gasteiger partial charge in [0.25, 0.3) is 0 Å². The smallest absolute Gasteiger partial charge is 0.146 e. The first-order chi connectivity index (χ1) is 9.79. The van der Waals surface area contributed by atoms with Crippen molar-refractivity contribution in [2.24, 2.45) is 5.92 Å². The molecular weight excluding hydrogens is 264 g/mol. The van der Waals surface area contributed by atoms with Crippen LogP contribution >= 0.6 is 11.3 Å². The predicted molar refractivity (Wildman–Crippen MR) is 84.9 cm³/mol. The molecular formula is C18H18OS. The van der Waals surface area contributed by atoms with Gasteiger partial charge in [0.2, 0.25) is 0 Å². The fourth-order valence-corrected chi connectivity index (χ4v) is 3.92. The van der Waals surface area contributed by atoms with E-state index in [9.17, 15) is 4.79 Å². The quantitative estimate of drug-likeness (QED) is 0.781. The zero-order valence-corrected chi connectivity index (χ0v) is 12.4. The van der Waals surface area contributed by atoms with Crippen LogP contribution in [0.2, 0.25) is 0 Å². The zero-order valence-electron chi connectivity index (χ0n) is 11.6. The van der Waals surface area contributed by atoms with Crippen molar-refractivity contribution < 1.29 is 4.79 Å². The molecule has 0 bridgehead atoms. The molecule has 0 saturated carbocycles. The molecule has 0 amide bonds. The highest BCUT2D eigenvalue weighted by atomic mass is 32.1. The van der Waals surface area contributed by atoms with E-state index >= 15 is 0 Å². The van der Waals surface area contributed by atoms with Crippen molar-refractivity contribution in [2.45, 2.75) is 25.7 Å². The number of ketones is 1. The van der Waals surface area contributed by atoms with Gasteiger partial charge in [-0.3, -0.25) is 4.79 Å². The lowest BCUT2D eigenvalue weighted by atomic mass is 9.76. The molecule has 0 spiro atoms. The first kappa shape index (κ1) is 13.3. The highest BCUT2D eigenvalue weighted by Crippen LogP contribution is 2.40. The van der Waals surface area contributed by atoms with Crippen molar-refractivity contribution in [3.63, 3.8) is 0 Å². The Balaban J connectivity index is 1.96. The summed E-state index contributed by atoms with van der Waals surface area (Å²) >= 11 is 1.70. The number of carbonyl (C=O) groups is 1. The number of benzene rings is 1. The van der Waals surface area contributed by atoms with Gasteiger partial charge in [-0.05, 0) is 34.9 Å². The van der Waals surface area contributed by atoms with Crippen LogP contribution in [0.25, 0.3) is 5.57 Å². The second-order valence-corrected chi connectivity index (χ2v) is 6.25. The number of allylic oxidation sites excluding steroid dienone is 2. The van der Waals surface area contributed by atoms with Gasteiger partial charge in [-0.2, -0.15) is 0 Å². The first-order valence-corrected chi connectivity index (χ1v) is 7.99. The summed E-state index contributed by atoms with van der Waals surface area (Å²) in [4.78, 5) is 13.8. The Morgan fingerprint density at radius 1 is 1.15 bits per heavy atom. The second-order valence-electron chi connectivity index (χ2n) is 5.27. The number of carbonyl (C=O) groups excluding carboxylic acids is 1. The number of rotatable bonds is 3. The van der Waals surface area contributed by atoms with Crippen molar-refractivity contribution in [1.82, 2.24) is 0 Å². The van der Waals surface area contributed by atoms with E-state index in [1.165, 1.54) is 16.0 Å². The number of hydrogen-bond donors (Lipinski definition) is 0. The Hall–Kier alpha value is -1.67. The molecule has 1 aliphatic rings. The van der Waals surface area contributed by atoms with Gasteiger partial charge in [-0.25, -0.2) is 0 Å². The molecule has 1 heterocycles. The minimum atomic E-state index is 0.0625. The van der Waals surface area contributed by atoms with E-state index in [-0.39, 0.29) is 5.92 Å². The Labute approximate surface area is 124 Å². The van der Waals surface area contributed by atoms with Crippen LogP contribution < -0.4 is 0 Å². The van der Waals surface area contributed by atoms with E-state index in [0.717, 1.165) is 6.42 Å². The summed E-state index contributed by atoms with van der Waals surface area (Å²) in [5, 5.41) is 2.06. The highest BCUT2D eigenvalue weighted by Gasteiger charge is 2.32. The third-order valence-electron chi connectivity index (χ3n) is 4.02. The normalized spacial score (nSPS) is 22.6. The van der Waals surface area contributed by atoms with E-state index < -0.39 is 0 Å². The topological polar surface area (TPSA) is 17.1 Å². The van der Waals surface area contributed by atoms with Crippen LogP contribution in [0.1, 0.15) is 36.1 Å². The summed E-state index contributed by atoms with van der Waals surface area (Å²) in [7, 11) is 0. The lowest BCUT2D eigenvalue weighted by molar-refractivity contribution is -0.120. The molecule has 20 heavy (non-hydrogen) atoms. The van der Waals surface area contributed by atoms with Crippen LogP contribution in [-0.4, -0.2) is 5.78 Å². The molecule has 0 radical (unpaired) electrons. The minimum Gasteiger partial charge on any atom is -0.299 e. The van der Waals surface area contributed by atoms with E-state index in [4.69, 9.17) is 0 Å². The van der Waals surface area contributed by atoms with Crippen LogP contribution in [0.4, 0.5) is 0 Å². The Bertz CT molecular complexity index is 610. The lowest BCUT2D eigenvalue weighted by Gasteiger charge is -2.28. The molecule has 1 aromatic heterocycles. The van der Waals surface area contributed by atoms with Crippen molar-refractivity contribution >= 4 is 22.7 Å². The van der Waals surface area contributed by atoms with Gasteiger partial charge in [0, 0.05) is 11.3 Å². The Morgan fingerprint density at radius 3 is 2.60 bits per heavy atom. The fourth-order valence-electron chi connectivity index (χ4n) is 2.99. The fraction of sp³-hybridized carbons (Fsp3) is 0.278. The average Bonchev–Trinajstić information content (AvgIpc) is 3.01. The minimum absolute atomic E-state index is 0.0625. The van der Waals surface area contributed by atoms with Gasteiger partial charge < -0.3 is 0 Å². The molecule has 0 aliphatic heterocycles. The van der Waals surface area contributed by atoms with Crippen molar-refractivity contribution in [3.8, 4) is 0 Å². The van der Waals surface area contributed by atoms with Crippen molar-refractivity contribution in [2.75, 3.05) is 0 Å². The van der Waals surface area contributed by atoms with E-state index in [0.29, 0.717) is 18.1 Å². The van der Waals surface area contributed by atoms with Crippen LogP contribution in [0.15, 0.2) is 53.9 Å². The molecule has 2 atom stereocenters. The van der Waals surface area contributed by atoms with Gasteiger partial charge in [0.15, 0.2) is 0 Å². The molecule has 3 rings (SSSR count). The van der Waals surface area contributed by atoms with Gasteiger partial charge >= 0.3 is 0 Å². The first-order valence-electron chi connectivity index (χ1n) is 7.12. The summed E-state index contributed by atoms with van der Waals surface area (Å²) in [6.45, 7) is 2.17. The Kier molecular flexibility index (Phi) is 3.83. The molecule has 0 saturated heterocycles. The number of hydrogen-bond acceptors (Lipinski definition) is 2. The standard InChI is InChI=1S/C18H18OS/c1-2-13-11-15(14-7-4-3-5-8-14)12-16(19)18(13)17-9-6-10-20-17/h3-11,13,18H,2,12H2,1H3/t13-,18?/m1/s1. The highest BCUT2D eigenvalue weighted by molar-refractivity contribution is 7.10. The van der Waals surface area contributed by atoms with Gasteiger partial charge in [-0.15, -0.1) is 11.3 Å². The Morgan fingerprint density at radius 2 is 1.95 bits per heavy atom. The molecule has 1 nitrogen and oxygen atoms in total. The second kappa shape index (κ2) is 5.76. The van der Waals surface area contributed by atoms with E-state index in [1.807, 2.05) is 24.3 Å². The maximum atomic E-state index is 12.6. The molecule has 0 fully saturated rings. The summed E-state index contributed by atoms with van der Waals surface area (Å²) < 4.78 is 0. The maximum Gasteiger partial charge on any atom is 0.146 e. The monoisotopic (exact) mass is 282 g/mol. The van der Waals surface area contributed by atoms with Gasteiger partial charge in [-0.1, -0.05) is 49.4 Å². The van der Waals surface area contributed by atoms with Crippen LogP contribution in [-0.2, 0) is 4.79 Å². The van der Waals surface area contributed by atoms with Crippen molar-refractivity contribution in [1.29, 1.82) is 0 Å². The van der Waals surface area contributed by atoms with E-state index in [2.05, 4.69) is 36.6 Å². The maximum absolute atomic E-state index is 12.6. The summed E-state index contributed by atoms with van der Waals surface area (Å²) in [5.41, 5.74) is 2.37. The summed E-state index contributed by atoms with van der Waals surface area (Å²) in [6, 6.07) is 14.4. The van der Waals surface area contributed by atoms with Crippen LogP contribution in [0.3, 0.4) is 0 Å². The third kappa shape index (κ3) is 2.48. The lowest BCUT2D eigenvalue weighted by Crippen LogP contribution is -2.24. The predicted octanol–water partition coefficient (Wildman–Crippen LogP) is 4.91. The van der Waals surface area contributed by atoms with Gasteiger partial charge in [0.05, 0.1) is 5.92 Å². The third-order valence-corrected chi connectivity index (χ3v) is 4.98. The molecule has 1 aliphatic carbocycles. The summed E-state index contributed by atoms with van der Waals surface area (Å²) in [5.74, 6) is 0.748. The van der Waals surface area contributed by atoms with E-state index in [1.54, 1.807) is 11.3 Å². The molecule has 2 aromatic rings. The molecule has 1 aromatic carbocycles. The molecule has 0 N–H and O–H groups in total. The van der Waals surface area contributed by atoms with Crippen LogP contribution in [0.5, 0.6) is 0 Å². The molecule has 102 valence electrons. The van der Waals surface area contributed by atoms with Gasteiger partial charge in [0.1, 0.15) is 5.78 Å². The number of thiophene rings is 1. The SMILES string of the molecule is CC[C@@H]1C=C(c2ccccc2)CC(=O)C1c1cccs1. The van der Waals surface area contributed by atoms with Crippen LogP contribution in [0, 0.1) is 5.92 Å². The zero-order chi connectivity index (χ0) is 13.9. The number of Topliss-reactive ketones (excluding diaryl/α,β-unsaturated/α-hetero) is 1. The molecule has 2 heteroatoms. The summed E-state index contributed by atoms with van der Waals surface area (Å²) in [6.07, 6.45) is 3.88.